The summed E-state index contributed by atoms with van der Waals surface area (Å²) in [6, 6.07) is 4.49. The number of benzene rings is 1. The number of amides is 1. The Balaban J connectivity index is 2.56. The van der Waals surface area contributed by atoms with E-state index in [1.807, 2.05) is 6.92 Å². The summed E-state index contributed by atoms with van der Waals surface area (Å²) in [4.78, 5) is 11.5. The molecule has 5 heteroatoms. The zero-order chi connectivity index (χ0) is 15.5. The van der Waals surface area contributed by atoms with Crippen LogP contribution in [0, 0.1) is 17.7 Å². The Kier molecular flexibility index (Phi) is 8.10. The molecular formula is C16H20FNO3. The van der Waals surface area contributed by atoms with Gasteiger partial charge in [0, 0.05) is 37.1 Å². The van der Waals surface area contributed by atoms with E-state index in [1.165, 1.54) is 6.07 Å². The van der Waals surface area contributed by atoms with Gasteiger partial charge in [0.15, 0.2) is 0 Å². The maximum atomic E-state index is 13.7. The first-order chi connectivity index (χ1) is 10.2. The number of nitrogens with one attached hydrogen (secondary N) is 1. The molecule has 0 radical (unpaired) electrons. The third kappa shape index (κ3) is 6.89. The summed E-state index contributed by atoms with van der Waals surface area (Å²) in [5, 5.41) is 11.3. The first kappa shape index (κ1) is 17.2. The Labute approximate surface area is 124 Å². The van der Waals surface area contributed by atoms with Crippen molar-refractivity contribution in [2.24, 2.45) is 0 Å². The lowest BCUT2D eigenvalue weighted by Gasteiger charge is -2.07. The van der Waals surface area contributed by atoms with Crippen LogP contribution >= 0.6 is 0 Å². The van der Waals surface area contributed by atoms with Gasteiger partial charge in [-0.2, -0.15) is 0 Å². The molecule has 1 amide bonds. The van der Waals surface area contributed by atoms with Crippen LogP contribution < -0.4 is 5.32 Å². The molecule has 0 spiro atoms. The number of halogens is 1. The minimum Gasteiger partial charge on any atom is -0.395 e. The minimum atomic E-state index is -0.382. The highest BCUT2D eigenvalue weighted by Gasteiger charge is 2.06. The maximum Gasteiger partial charge on any atom is 0.222 e. The molecule has 0 aliphatic heterocycles. The van der Waals surface area contributed by atoms with Crippen molar-refractivity contribution in [2.75, 3.05) is 19.8 Å². The van der Waals surface area contributed by atoms with Crippen LogP contribution in [0.2, 0.25) is 0 Å². The van der Waals surface area contributed by atoms with E-state index < -0.39 is 0 Å². The van der Waals surface area contributed by atoms with Gasteiger partial charge in [-0.15, -0.1) is 0 Å². The van der Waals surface area contributed by atoms with E-state index in [0.717, 1.165) is 0 Å². The van der Waals surface area contributed by atoms with Crippen molar-refractivity contribution in [3.8, 4) is 11.8 Å². The fraction of sp³-hybridized carbons (Fsp3) is 0.438. The van der Waals surface area contributed by atoms with Crippen molar-refractivity contribution >= 4 is 5.91 Å². The molecule has 4 nitrogen and oxygen atoms in total. The van der Waals surface area contributed by atoms with Crippen LogP contribution in [-0.2, 0) is 16.1 Å². The number of hydrogen-bond acceptors (Lipinski definition) is 3. The SMILES string of the molecule is CCOCCC(=O)NCc1cc(C#CCCO)ccc1F. The van der Waals surface area contributed by atoms with Gasteiger partial charge in [-0.1, -0.05) is 11.8 Å². The molecule has 0 bridgehead atoms. The summed E-state index contributed by atoms with van der Waals surface area (Å²) in [6.45, 7) is 2.90. The van der Waals surface area contributed by atoms with Gasteiger partial charge in [0.05, 0.1) is 13.2 Å². The molecular weight excluding hydrogens is 273 g/mol. The zero-order valence-corrected chi connectivity index (χ0v) is 12.1. The maximum absolute atomic E-state index is 13.7. The Morgan fingerprint density at radius 1 is 1.48 bits per heavy atom. The van der Waals surface area contributed by atoms with Crippen LogP contribution in [0.25, 0.3) is 0 Å². The van der Waals surface area contributed by atoms with Gasteiger partial charge in [-0.05, 0) is 25.1 Å². The lowest BCUT2D eigenvalue weighted by Crippen LogP contribution is -2.24. The first-order valence-electron chi connectivity index (χ1n) is 6.90. The monoisotopic (exact) mass is 293 g/mol. The first-order valence-corrected chi connectivity index (χ1v) is 6.90. The van der Waals surface area contributed by atoms with E-state index in [0.29, 0.717) is 30.8 Å². The molecule has 2 N–H and O–H groups in total. The number of hydrogen-bond donors (Lipinski definition) is 2. The highest BCUT2D eigenvalue weighted by molar-refractivity contribution is 5.75. The molecule has 0 aliphatic rings. The van der Waals surface area contributed by atoms with Crippen molar-refractivity contribution in [3.63, 3.8) is 0 Å². The molecule has 0 atom stereocenters. The summed E-state index contributed by atoms with van der Waals surface area (Å²) < 4.78 is 18.7. The van der Waals surface area contributed by atoms with Crippen molar-refractivity contribution in [1.29, 1.82) is 0 Å². The fourth-order valence-corrected chi connectivity index (χ4v) is 1.60. The Hall–Kier alpha value is -1.90. The lowest BCUT2D eigenvalue weighted by molar-refractivity contribution is -0.122. The zero-order valence-electron chi connectivity index (χ0n) is 12.1. The second-order valence-corrected chi connectivity index (χ2v) is 4.31. The highest BCUT2D eigenvalue weighted by Crippen LogP contribution is 2.10. The highest BCUT2D eigenvalue weighted by atomic mass is 19.1. The Morgan fingerprint density at radius 3 is 3.00 bits per heavy atom. The van der Waals surface area contributed by atoms with Gasteiger partial charge in [0.1, 0.15) is 5.82 Å². The summed E-state index contributed by atoms with van der Waals surface area (Å²) >= 11 is 0. The Morgan fingerprint density at radius 2 is 2.29 bits per heavy atom. The predicted molar refractivity (Wildman–Crippen MR) is 77.9 cm³/mol. The van der Waals surface area contributed by atoms with Gasteiger partial charge < -0.3 is 15.2 Å². The molecule has 0 unspecified atom stereocenters. The summed E-state index contributed by atoms with van der Waals surface area (Å²) in [5.41, 5.74) is 1.04. The van der Waals surface area contributed by atoms with Crippen molar-refractivity contribution in [1.82, 2.24) is 5.32 Å². The van der Waals surface area contributed by atoms with Crippen molar-refractivity contribution in [2.45, 2.75) is 26.3 Å². The number of aliphatic hydroxyl groups is 1. The van der Waals surface area contributed by atoms with Gasteiger partial charge >= 0.3 is 0 Å². The number of carbonyl (C=O) groups excluding carboxylic acids is 1. The van der Waals surface area contributed by atoms with Crippen molar-refractivity contribution < 1.29 is 19.0 Å². The van der Waals surface area contributed by atoms with Gasteiger partial charge in [-0.3, -0.25) is 4.79 Å². The lowest BCUT2D eigenvalue weighted by atomic mass is 10.1. The largest absolute Gasteiger partial charge is 0.395 e. The summed E-state index contributed by atoms with van der Waals surface area (Å²) in [7, 11) is 0. The molecule has 0 aliphatic carbocycles. The average Bonchev–Trinajstić information content (AvgIpc) is 2.48. The van der Waals surface area contributed by atoms with Gasteiger partial charge in [0.2, 0.25) is 5.91 Å². The van der Waals surface area contributed by atoms with E-state index >= 15 is 0 Å². The average molecular weight is 293 g/mol. The van der Waals surface area contributed by atoms with E-state index in [9.17, 15) is 9.18 Å². The van der Waals surface area contributed by atoms with Crippen LogP contribution in [0.1, 0.15) is 30.9 Å². The molecule has 114 valence electrons. The van der Waals surface area contributed by atoms with Crippen LogP contribution in [0.4, 0.5) is 4.39 Å². The predicted octanol–water partition coefficient (Wildman–Crippen LogP) is 1.60. The minimum absolute atomic E-state index is 0.00304. The molecule has 1 aromatic carbocycles. The van der Waals surface area contributed by atoms with Crippen LogP contribution in [-0.4, -0.2) is 30.8 Å². The van der Waals surface area contributed by atoms with Crippen molar-refractivity contribution in [3.05, 3.63) is 35.1 Å². The number of ether oxygens (including phenoxy) is 1. The van der Waals surface area contributed by atoms with E-state index in [4.69, 9.17) is 9.84 Å². The molecule has 1 aromatic rings. The van der Waals surface area contributed by atoms with Gasteiger partial charge in [0.25, 0.3) is 0 Å². The van der Waals surface area contributed by atoms with E-state index in [-0.39, 0.29) is 31.3 Å². The molecule has 0 fully saturated rings. The number of carbonyl (C=O) groups is 1. The topological polar surface area (TPSA) is 58.6 Å². The molecule has 0 aromatic heterocycles. The van der Waals surface area contributed by atoms with Gasteiger partial charge in [-0.25, -0.2) is 4.39 Å². The third-order valence-corrected chi connectivity index (χ3v) is 2.67. The molecule has 1 rings (SSSR count). The fourth-order valence-electron chi connectivity index (χ4n) is 1.60. The molecule has 21 heavy (non-hydrogen) atoms. The molecule has 0 saturated heterocycles. The van der Waals surface area contributed by atoms with Crippen LogP contribution in [0.5, 0.6) is 0 Å². The number of rotatable bonds is 7. The summed E-state index contributed by atoms with van der Waals surface area (Å²) in [5.74, 6) is 5.04. The third-order valence-electron chi connectivity index (χ3n) is 2.67. The smallest absolute Gasteiger partial charge is 0.222 e. The Bertz CT molecular complexity index is 520. The molecule has 0 heterocycles. The van der Waals surface area contributed by atoms with Crippen LogP contribution in [0.15, 0.2) is 18.2 Å². The second-order valence-electron chi connectivity index (χ2n) is 4.31. The quantitative estimate of drug-likeness (QED) is 0.593. The molecule has 0 saturated carbocycles. The van der Waals surface area contributed by atoms with E-state index in [1.54, 1.807) is 12.1 Å². The second kappa shape index (κ2) is 9.92. The number of aliphatic hydroxyl groups excluding tert-OH is 1. The van der Waals surface area contributed by atoms with Crippen LogP contribution in [0.3, 0.4) is 0 Å². The standard InChI is InChI=1S/C16H20FNO3/c1-2-21-10-8-16(20)18-12-14-11-13(5-3-4-9-19)6-7-15(14)17/h6-7,11,19H,2,4,8-10,12H2,1H3,(H,18,20). The normalized spacial score (nSPS) is 9.86. The summed E-state index contributed by atoms with van der Waals surface area (Å²) in [6.07, 6.45) is 0.631. The van der Waals surface area contributed by atoms with E-state index in [2.05, 4.69) is 17.2 Å².